The van der Waals surface area contributed by atoms with E-state index in [0.29, 0.717) is 5.66 Å². The Morgan fingerprint density at radius 3 is 2.56 bits per heavy atom. The molecule has 0 bridgehead atoms. The fraction of sp³-hybridized carbons (Fsp3) is 0.571. The van der Waals surface area contributed by atoms with Crippen LogP contribution in [0.3, 0.4) is 0 Å². The second kappa shape index (κ2) is 3.69. The average Bonchev–Trinajstić information content (AvgIpc) is 2.79. The Balaban J connectivity index is 2.32. The number of rotatable bonds is 3. The third-order valence-corrected chi connectivity index (χ3v) is 3.49. The highest BCUT2D eigenvalue weighted by Crippen LogP contribution is 2.42. The zero-order valence-electron chi connectivity index (χ0n) is 7.86. The summed E-state index contributed by atoms with van der Waals surface area (Å²) >= 11 is 0. The Morgan fingerprint density at radius 2 is 2.19 bits per heavy atom. The van der Waals surface area contributed by atoms with Crippen molar-refractivity contribution >= 4 is 14.4 Å². The van der Waals surface area contributed by atoms with Crippen LogP contribution in [0.25, 0.3) is 0 Å². The number of hydrogen-bond donors (Lipinski definition) is 0. The Morgan fingerprint density at radius 1 is 1.56 bits per heavy atom. The first-order valence-corrected chi connectivity index (χ1v) is 5.48. The van der Waals surface area contributed by atoms with Gasteiger partial charge in [0.1, 0.15) is 6.20 Å². The Hall–Kier alpha value is -1.17. The largest absolute Gasteiger partial charge is 0.442 e. The minimum Gasteiger partial charge on any atom is -0.258 e. The van der Waals surface area contributed by atoms with E-state index in [-0.39, 0.29) is 8.73 Å². The van der Waals surface area contributed by atoms with Crippen molar-refractivity contribution in [2.75, 3.05) is 0 Å². The lowest BCUT2D eigenvalue weighted by Gasteiger charge is -2.00. The monoisotopic (exact) mass is 253 g/mol. The summed E-state index contributed by atoms with van der Waals surface area (Å²) in [5.74, 6) is 0. The van der Waals surface area contributed by atoms with Crippen LogP contribution in [0.4, 0.5) is 18.9 Å². The molecule has 5 nitrogen and oxygen atoms in total. The van der Waals surface area contributed by atoms with Gasteiger partial charge in [-0.15, -0.1) is 0 Å². The molecule has 16 heavy (non-hydrogen) atoms. The fourth-order valence-electron chi connectivity index (χ4n) is 1.17. The molecule has 0 radical (unpaired) electrons. The van der Waals surface area contributed by atoms with E-state index in [9.17, 15) is 23.3 Å². The van der Waals surface area contributed by atoms with Crippen molar-refractivity contribution in [1.82, 2.24) is 9.55 Å². The molecule has 0 spiro atoms. The van der Waals surface area contributed by atoms with Crippen LogP contribution in [-0.2, 0) is 6.18 Å². The van der Waals surface area contributed by atoms with Gasteiger partial charge in [-0.2, -0.15) is 18.3 Å². The van der Waals surface area contributed by atoms with Crippen LogP contribution in [0, 0.1) is 10.1 Å². The Labute approximate surface area is 89.6 Å². The summed E-state index contributed by atoms with van der Waals surface area (Å²) < 4.78 is 38.2. The van der Waals surface area contributed by atoms with Gasteiger partial charge in [0, 0.05) is 8.73 Å². The molecule has 9 heteroatoms. The molecule has 1 aromatic rings. The van der Waals surface area contributed by atoms with Gasteiger partial charge in [-0.05, 0) is 18.5 Å². The predicted octanol–water partition coefficient (Wildman–Crippen LogP) is 2.41. The van der Waals surface area contributed by atoms with E-state index < -0.39 is 22.5 Å². The maximum absolute atomic E-state index is 12.4. The summed E-state index contributed by atoms with van der Waals surface area (Å²) in [6.45, 7) is 0. The van der Waals surface area contributed by atoms with Gasteiger partial charge in [-0.25, -0.2) is 4.45 Å². The number of nitrogens with zero attached hydrogens (tertiary/aromatic N) is 3. The van der Waals surface area contributed by atoms with Gasteiger partial charge in [0.2, 0.25) is 5.69 Å². The Kier molecular flexibility index (Phi) is 2.61. The fourth-order valence-corrected chi connectivity index (χ4v) is 2.32. The first kappa shape index (κ1) is 11.3. The first-order valence-electron chi connectivity index (χ1n) is 4.45. The molecule has 88 valence electrons. The summed E-state index contributed by atoms with van der Waals surface area (Å²) in [5.41, 5.74) is -2.05. The molecule has 1 aliphatic rings. The van der Waals surface area contributed by atoms with Crippen molar-refractivity contribution in [3.63, 3.8) is 0 Å². The summed E-state index contributed by atoms with van der Waals surface area (Å²) in [4.78, 5) is 9.39. The molecule has 0 saturated heterocycles. The highest BCUT2D eigenvalue weighted by atomic mass is 31.1. The molecule has 1 aromatic heterocycles. The van der Waals surface area contributed by atoms with Crippen LogP contribution < -0.4 is 0 Å². The van der Waals surface area contributed by atoms with E-state index in [0.717, 1.165) is 23.5 Å². The zero-order chi connectivity index (χ0) is 11.9. The van der Waals surface area contributed by atoms with E-state index in [1.807, 2.05) is 0 Å². The van der Waals surface area contributed by atoms with E-state index in [4.69, 9.17) is 0 Å². The lowest BCUT2D eigenvalue weighted by atomic mass is 10.4. The topological polar surface area (TPSA) is 61.0 Å². The van der Waals surface area contributed by atoms with Crippen LogP contribution in [-0.4, -0.2) is 20.1 Å². The maximum Gasteiger partial charge on any atom is 0.442 e. The molecule has 0 aromatic carbocycles. The molecule has 0 N–H and O–H groups in total. The maximum atomic E-state index is 12.4. The normalized spacial score (nSPS) is 17.2. The van der Waals surface area contributed by atoms with Crippen molar-refractivity contribution in [2.45, 2.75) is 24.7 Å². The molecule has 0 amide bonds. The summed E-state index contributed by atoms with van der Waals surface area (Å²) in [6, 6.07) is 0. The lowest BCUT2D eigenvalue weighted by Crippen LogP contribution is -2.08. The van der Waals surface area contributed by atoms with Crippen LogP contribution in [0.5, 0.6) is 0 Å². The third kappa shape index (κ3) is 2.32. The van der Waals surface area contributed by atoms with Crippen molar-refractivity contribution in [3.8, 4) is 0 Å². The number of aromatic nitrogens is 2. The summed E-state index contributed by atoms with van der Waals surface area (Å²) in [5, 5.41) is 13.7. The molecule has 1 saturated carbocycles. The van der Waals surface area contributed by atoms with Crippen molar-refractivity contribution < 1.29 is 18.1 Å². The Bertz CT molecular complexity index is 427. The molecular formula is C7H7F3N3O2P. The molecular weight excluding hydrogens is 246 g/mol. The minimum atomic E-state index is -4.78. The SMILES string of the molecule is O=[N+]([O-])c1cn(PC2CC2)nc1C(F)(F)F. The van der Waals surface area contributed by atoms with Gasteiger partial charge >= 0.3 is 11.9 Å². The van der Waals surface area contributed by atoms with E-state index in [1.165, 1.54) is 0 Å². The van der Waals surface area contributed by atoms with Crippen LogP contribution in [0.15, 0.2) is 6.20 Å². The average molecular weight is 253 g/mol. The van der Waals surface area contributed by atoms with Crippen LogP contribution >= 0.6 is 8.73 Å². The van der Waals surface area contributed by atoms with Crippen molar-refractivity contribution in [1.29, 1.82) is 0 Å². The molecule has 1 heterocycles. The van der Waals surface area contributed by atoms with E-state index >= 15 is 0 Å². The quantitative estimate of drug-likeness (QED) is 0.472. The van der Waals surface area contributed by atoms with E-state index in [2.05, 4.69) is 5.10 Å². The second-order valence-corrected chi connectivity index (χ2v) is 5.00. The van der Waals surface area contributed by atoms with Gasteiger partial charge in [-0.3, -0.25) is 10.1 Å². The van der Waals surface area contributed by atoms with Crippen LogP contribution in [0.2, 0.25) is 0 Å². The predicted molar refractivity (Wildman–Crippen MR) is 50.6 cm³/mol. The standard InChI is InChI=1S/C7H7F3N3O2P/c8-7(9,10)6-5(13(14)15)3-12(11-6)16-4-1-2-4/h3-4,16H,1-2H2. The van der Waals surface area contributed by atoms with Crippen molar-refractivity contribution in [3.05, 3.63) is 22.0 Å². The molecule has 1 fully saturated rings. The number of hydrogen-bond acceptors (Lipinski definition) is 3. The molecule has 1 aliphatic carbocycles. The molecule has 2 rings (SSSR count). The van der Waals surface area contributed by atoms with Gasteiger partial charge in [0.15, 0.2) is 0 Å². The molecule has 1 unspecified atom stereocenters. The zero-order valence-corrected chi connectivity index (χ0v) is 8.86. The molecule has 1 atom stereocenters. The first-order chi connectivity index (χ1) is 7.38. The number of halogens is 3. The summed E-state index contributed by atoms with van der Waals surface area (Å²) in [6.07, 6.45) is -2.01. The highest BCUT2D eigenvalue weighted by molar-refractivity contribution is 7.37. The minimum absolute atomic E-state index is 0.0621. The lowest BCUT2D eigenvalue weighted by molar-refractivity contribution is -0.388. The molecule has 0 aliphatic heterocycles. The van der Waals surface area contributed by atoms with Crippen LogP contribution in [0.1, 0.15) is 18.5 Å². The van der Waals surface area contributed by atoms with Gasteiger partial charge in [0.05, 0.1) is 4.92 Å². The second-order valence-electron chi connectivity index (χ2n) is 3.47. The third-order valence-electron chi connectivity index (χ3n) is 2.05. The van der Waals surface area contributed by atoms with Gasteiger partial charge < -0.3 is 0 Å². The van der Waals surface area contributed by atoms with E-state index in [1.54, 1.807) is 0 Å². The number of alkyl halides is 3. The summed E-state index contributed by atoms with van der Waals surface area (Å²) in [7, 11) is 0.0621. The highest BCUT2D eigenvalue weighted by Gasteiger charge is 2.42. The van der Waals surface area contributed by atoms with Gasteiger partial charge in [0.25, 0.3) is 0 Å². The van der Waals surface area contributed by atoms with Crippen molar-refractivity contribution in [2.24, 2.45) is 0 Å². The smallest absolute Gasteiger partial charge is 0.258 e. The van der Waals surface area contributed by atoms with Gasteiger partial charge in [-0.1, -0.05) is 0 Å². The number of nitro groups is 1.